The Balaban J connectivity index is 1.48. The van der Waals surface area contributed by atoms with Gasteiger partial charge < -0.3 is 29.6 Å². The summed E-state index contributed by atoms with van der Waals surface area (Å²) in [6.45, 7) is 2.04. The van der Waals surface area contributed by atoms with Crippen molar-refractivity contribution in [2.75, 3.05) is 32.0 Å². The molecule has 0 spiro atoms. The van der Waals surface area contributed by atoms with Gasteiger partial charge in [-0.2, -0.15) is 10.1 Å². The lowest BCUT2D eigenvalue weighted by atomic mass is 9.94. The molecule has 0 saturated carbocycles. The number of amides is 1. The molecule has 1 aliphatic heterocycles. The largest absolute Gasteiger partial charge is 0.495 e. The minimum atomic E-state index is -0.651. The monoisotopic (exact) mass is 629 g/mol. The number of ether oxygens (including phenoxy) is 4. The third kappa shape index (κ3) is 5.78. The van der Waals surface area contributed by atoms with Crippen molar-refractivity contribution >= 4 is 52.3 Å². The van der Waals surface area contributed by atoms with E-state index in [-0.39, 0.29) is 6.61 Å². The van der Waals surface area contributed by atoms with Crippen molar-refractivity contribution in [1.29, 1.82) is 0 Å². The lowest BCUT2D eigenvalue weighted by Gasteiger charge is -2.29. The molecule has 3 aromatic carbocycles. The minimum Gasteiger partial charge on any atom is -0.495 e. The van der Waals surface area contributed by atoms with Crippen molar-refractivity contribution in [3.8, 4) is 23.0 Å². The molecule has 4 aromatic rings. The first-order valence-electron chi connectivity index (χ1n) is 12.6. The number of carbonyl (C=O) groups excluding carboxylic acids is 1. The number of anilines is 2. The molecular weight excluding hydrogens is 605 g/mol. The Morgan fingerprint density at radius 2 is 1.67 bits per heavy atom. The van der Waals surface area contributed by atoms with Gasteiger partial charge in [-0.15, -0.1) is 0 Å². The molecule has 10 nitrogen and oxygen atoms in total. The lowest BCUT2D eigenvalue weighted by molar-refractivity contribution is -0.113. The first-order chi connectivity index (χ1) is 20.2. The summed E-state index contributed by atoms with van der Waals surface area (Å²) >= 11 is 18.4. The zero-order valence-electron chi connectivity index (χ0n) is 23.0. The highest BCUT2D eigenvalue weighted by molar-refractivity contribution is 6.42. The summed E-state index contributed by atoms with van der Waals surface area (Å²) in [5.41, 5.74) is 2.93. The molecule has 42 heavy (non-hydrogen) atoms. The van der Waals surface area contributed by atoms with E-state index in [0.717, 1.165) is 5.56 Å². The molecule has 5 rings (SSSR count). The number of nitrogens with one attached hydrogen (secondary N) is 2. The zero-order chi connectivity index (χ0) is 30.0. The molecule has 0 saturated heterocycles. The maximum absolute atomic E-state index is 13.9. The van der Waals surface area contributed by atoms with Crippen LogP contribution in [0.25, 0.3) is 0 Å². The molecule has 2 N–H and O–H groups in total. The van der Waals surface area contributed by atoms with Crippen LogP contribution in [-0.2, 0) is 11.4 Å². The van der Waals surface area contributed by atoms with E-state index in [0.29, 0.717) is 66.5 Å². The molecule has 0 fully saturated rings. The predicted octanol–water partition coefficient (Wildman–Crippen LogP) is 6.77. The molecule has 1 aliphatic rings. The van der Waals surface area contributed by atoms with Gasteiger partial charge in [0.1, 0.15) is 30.5 Å². The van der Waals surface area contributed by atoms with Crippen LogP contribution < -0.4 is 29.6 Å². The van der Waals surface area contributed by atoms with Gasteiger partial charge in [0.2, 0.25) is 5.95 Å². The number of hydrogen-bond donors (Lipinski definition) is 2. The number of benzene rings is 3. The second-order valence-electron chi connectivity index (χ2n) is 9.18. The van der Waals surface area contributed by atoms with Crippen LogP contribution in [0.1, 0.15) is 24.1 Å². The number of methoxy groups -OCH3 is 3. The van der Waals surface area contributed by atoms with Crippen LogP contribution in [0.5, 0.6) is 23.0 Å². The summed E-state index contributed by atoms with van der Waals surface area (Å²) in [4.78, 5) is 18.2. The molecular formula is C29H26Cl3N5O5. The van der Waals surface area contributed by atoms with Crippen molar-refractivity contribution in [3.05, 3.63) is 92.3 Å². The van der Waals surface area contributed by atoms with Gasteiger partial charge in [-0.3, -0.25) is 4.79 Å². The Morgan fingerprint density at radius 1 is 0.905 bits per heavy atom. The maximum Gasteiger partial charge on any atom is 0.255 e. The van der Waals surface area contributed by atoms with Crippen molar-refractivity contribution in [2.45, 2.75) is 19.6 Å². The molecule has 218 valence electrons. The fourth-order valence-electron chi connectivity index (χ4n) is 4.61. The normalized spacial score (nSPS) is 14.1. The quantitative estimate of drug-likeness (QED) is 0.209. The second-order valence-corrected chi connectivity index (χ2v) is 10.4. The van der Waals surface area contributed by atoms with E-state index < -0.39 is 11.9 Å². The third-order valence-electron chi connectivity index (χ3n) is 6.64. The Bertz CT molecular complexity index is 1690. The number of hydrogen-bond acceptors (Lipinski definition) is 8. The fraction of sp³-hybridized carbons (Fsp3) is 0.207. The number of halogens is 3. The number of carbonyl (C=O) groups is 1. The van der Waals surface area contributed by atoms with Crippen LogP contribution in [0, 0.1) is 0 Å². The number of fused-ring (bicyclic) bond motifs is 1. The van der Waals surface area contributed by atoms with Crippen LogP contribution in [0.15, 0.2) is 66.1 Å². The van der Waals surface area contributed by atoms with Gasteiger partial charge in [0, 0.05) is 17.8 Å². The molecule has 1 aromatic heterocycles. The molecule has 0 unspecified atom stereocenters. The Labute approximate surface area is 257 Å². The summed E-state index contributed by atoms with van der Waals surface area (Å²) in [5.74, 6) is 1.82. The van der Waals surface area contributed by atoms with Gasteiger partial charge in [0.05, 0.1) is 47.7 Å². The summed E-state index contributed by atoms with van der Waals surface area (Å²) in [6, 6.07) is 13.3. The number of rotatable bonds is 9. The van der Waals surface area contributed by atoms with Gasteiger partial charge in [-0.1, -0.05) is 46.9 Å². The second kappa shape index (κ2) is 12.4. The van der Waals surface area contributed by atoms with Gasteiger partial charge in [-0.05, 0) is 42.3 Å². The van der Waals surface area contributed by atoms with E-state index >= 15 is 0 Å². The Morgan fingerprint density at radius 3 is 2.38 bits per heavy atom. The topological polar surface area (TPSA) is 109 Å². The average Bonchev–Trinajstić information content (AvgIpc) is 3.45. The number of nitrogens with zero attached hydrogens (tertiary/aromatic N) is 3. The maximum atomic E-state index is 13.9. The number of allylic oxidation sites excluding steroid dienone is 1. The predicted molar refractivity (Wildman–Crippen MR) is 161 cm³/mol. The molecule has 1 atom stereocenters. The Hall–Kier alpha value is -4.12. The van der Waals surface area contributed by atoms with Crippen LogP contribution in [0.2, 0.25) is 15.1 Å². The first kappa shape index (κ1) is 29.4. The summed E-state index contributed by atoms with van der Waals surface area (Å²) in [6.07, 6.45) is 1.42. The smallest absolute Gasteiger partial charge is 0.255 e. The van der Waals surface area contributed by atoms with Crippen LogP contribution >= 0.6 is 34.8 Å². The summed E-state index contributed by atoms with van der Waals surface area (Å²) in [7, 11) is 4.52. The highest BCUT2D eigenvalue weighted by Crippen LogP contribution is 2.41. The van der Waals surface area contributed by atoms with Crippen LogP contribution in [-0.4, -0.2) is 42.0 Å². The molecule has 2 heterocycles. The SMILES string of the molecule is COc1cc(NC(=O)C2=C(C)Nc3ncnn3[C@H]2c2ccc(OCc3ccc(Cl)c(Cl)c3)c(OC)c2)c(OC)cc1Cl. The van der Waals surface area contributed by atoms with Gasteiger partial charge >= 0.3 is 0 Å². The molecule has 0 bridgehead atoms. The van der Waals surface area contributed by atoms with Crippen molar-refractivity contribution < 1.29 is 23.7 Å². The van der Waals surface area contributed by atoms with Crippen molar-refractivity contribution in [3.63, 3.8) is 0 Å². The summed E-state index contributed by atoms with van der Waals surface area (Å²) in [5, 5.41) is 11.8. The molecule has 13 heteroatoms. The van der Waals surface area contributed by atoms with Gasteiger partial charge in [0.15, 0.2) is 11.5 Å². The lowest BCUT2D eigenvalue weighted by Crippen LogP contribution is -2.31. The number of aromatic nitrogens is 3. The van der Waals surface area contributed by atoms with Crippen LogP contribution in [0.4, 0.5) is 11.6 Å². The van der Waals surface area contributed by atoms with Crippen molar-refractivity contribution in [2.24, 2.45) is 0 Å². The highest BCUT2D eigenvalue weighted by atomic mass is 35.5. The fourth-order valence-corrected chi connectivity index (χ4v) is 5.16. The first-order valence-corrected chi connectivity index (χ1v) is 13.7. The van der Waals surface area contributed by atoms with E-state index in [2.05, 4.69) is 20.7 Å². The molecule has 0 aliphatic carbocycles. The van der Waals surface area contributed by atoms with E-state index in [1.165, 1.54) is 20.5 Å². The van der Waals surface area contributed by atoms with Gasteiger partial charge in [-0.25, -0.2) is 4.68 Å². The summed E-state index contributed by atoms with van der Waals surface area (Å²) < 4.78 is 24.1. The Kier molecular flexibility index (Phi) is 8.67. The van der Waals surface area contributed by atoms with E-state index in [1.807, 2.05) is 12.1 Å². The minimum absolute atomic E-state index is 0.242. The van der Waals surface area contributed by atoms with E-state index in [4.69, 9.17) is 53.8 Å². The highest BCUT2D eigenvalue weighted by Gasteiger charge is 2.34. The zero-order valence-corrected chi connectivity index (χ0v) is 25.3. The van der Waals surface area contributed by atoms with E-state index in [9.17, 15) is 4.79 Å². The van der Waals surface area contributed by atoms with Crippen LogP contribution in [0.3, 0.4) is 0 Å². The molecule has 1 amide bonds. The third-order valence-corrected chi connectivity index (χ3v) is 7.68. The average molecular weight is 631 g/mol. The van der Waals surface area contributed by atoms with Crippen molar-refractivity contribution in [1.82, 2.24) is 14.8 Å². The van der Waals surface area contributed by atoms with Gasteiger partial charge in [0.25, 0.3) is 5.91 Å². The standard InChI is InChI=1S/C29H26Cl3N5O5/c1-15-26(28(38)36-21-12-23(39-2)20(32)11-24(21)40-3)27(37-29(35-15)33-14-34-37)17-6-8-22(25(10-17)41-4)42-13-16-5-7-18(30)19(31)9-16/h5-12,14,27H,13H2,1-4H3,(H,36,38)(H,33,34,35)/t27-/m0/s1. The van der Waals surface area contributed by atoms with E-state index in [1.54, 1.807) is 55.1 Å². The molecule has 0 radical (unpaired) electrons.